The Morgan fingerprint density at radius 2 is 1.96 bits per heavy atom. The molecule has 2 amide bonds. The van der Waals surface area contributed by atoms with Crippen LogP contribution in [0, 0.1) is 0 Å². The fourth-order valence-electron chi connectivity index (χ4n) is 3.65. The molecule has 23 heavy (non-hydrogen) atoms. The van der Waals surface area contributed by atoms with Crippen LogP contribution in [0.1, 0.15) is 45.2 Å². The van der Waals surface area contributed by atoms with Crippen molar-refractivity contribution in [2.45, 2.75) is 45.4 Å². The van der Waals surface area contributed by atoms with Gasteiger partial charge in [0.15, 0.2) is 0 Å². The largest absolute Gasteiger partial charge is 0.322 e. The summed E-state index contributed by atoms with van der Waals surface area (Å²) in [6.07, 6.45) is 7.23. The van der Waals surface area contributed by atoms with Crippen molar-refractivity contribution in [2.24, 2.45) is 0 Å². The molecule has 128 valence electrons. The third-order valence-corrected chi connectivity index (χ3v) is 5.12. The van der Waals surface area contributed by atoms with Crippen LogP contribution in [0.3, 0.4) is 0 Å². The third-order valence-electron chi connectivity index (χ3n) is 5.12. The summed E-state index contributed by atoms with van der Waals surface area (Å²) in [5.41, 5.74) is 3.80. The summed E-state index contributed by atoms with van der Waals surface area (Å²) in [7, 11) is 0. The molecule has 0 spiro atoms. The first kappa shape index (κ1) is 16.3. The summed E-state index contributed by atoms with van der Waals surface area (Å²) in [4.78, 5) is 17.0. The van der Waals surface area contributed by atoms with E-state index in [9.17, 15) is 4.79 Å². The van der Waals surface area contributed by atoms with E-state index in [-0.39, 0.29) is 7.46 Å². The van der Waals surface area contributed by atoms with Crippen molar-refractivity contribution in [3.63, 3.8) is 0 Å². The number of urea groups is 1. The highest BCUT2D eigenvalue weighted by Gasteiger charge is 2.22. The van der Waals surface area contributed by atoms with Crippen LogP contribution in [-0.4, -0.2) is 48.6 Å². The maximum Gasteiger partial charge on any atom is 0.321 e. The zero-order chi connectivity index (χ0) is 16.1. The topological polar surface area (TPSA) is 35.6 Å². The maximum absolute atomic E-state index is 12.6. The SMILES string of the molecule is CCCCN1CCN(C(=O)Nc2cccc3c2CCCC3)CC1.[HH]. The average Bonchev–Trinajstić information content (AvgIpc) is 2.60. The Morgan fingerprint density at radius 1 is 1.17 bits per heavy atom. The lowest BCUT2D eigenvalue weighted by Crippen LogP contribution is -2.50. The van der Waals surface area contributed by atoms with E-state index in [4.69, 9.17) is 0 Å². The first-order valence-electron chi connectivity index (χ1n) is 9.17. The van der Waals surface area contributed by atoms with Gasteiger partial charge in [-0.05, 0) is 55.8 Å². The van der Waals surface area contributed by atoms with Gasteiger partial charge in [-0.3, -0.25) is 4.90 Å². The van der Waals surface area contributed by atoms with E-state index in [1.165, 1.54) is 36.8 Å². The zero-order valence-electron chi connectivity index (χ0n) is 14.3. The number of carbonyl (C=O) groups is 1. The lowest BCUT2D eigenvalue weighted by molar-refractivity contribution is 0.146. The van der Waals surface area contributed by atoms with E-state index in [2.05, 4.69) is 35.3 Å². The Kier molecular flexibility index (Phi) is 5.55. The highest BCUT2D eigenvalue weighted by molar-refractivity contribution is 5.90. The molecule has 4 heteroatoms. The molecule has 0 aromatic heterocycles. The molecule has 0 saturated carbocycles. The zero-order valence-corrected chi connectivity index (χ0v) is 14.3. The summed E-state index contributed by atoms with van der Waals surface area (Å²) < 4.78 is 0. The number of hydrogen-bond donors (Lipinski definition) is 1. The van der Waals surface area contributed by atoms with Gasteiger partial charge in [-0.2, -0.15) is 0 Å². The smallest absolute Gasteiger partial charge is 0.321 e. The van der Waals surface area contributed by atoms with Gasteiger partial charge < -0.3 is 10.2 Å². The molecular weight excluding hydrogens is 286 g/mol. The fourth-order valence-corrected chi connectivity index (χ4v) is 3.65. The highest BCUT2D eigenvalue weighted by Crippen LogP contribution is 2.28. The molecule has 0 unspecified atom stereocenters. The number of unbranched alkanes of at least 4 members (excludes halogenated alkanes) is 1. The number of amides is 2. The molecule has 1 fully saturated rings. The van der Waals surface area contributed by atoms with Crippen molar-refractivity contribution < 1.29 is 6.22 Å². The number of piperazine rings is 1. The van der Waals surface area contributed by atoms with Gasteiger partial charge in [-0.1, -0.05) is 25.5 Å². The second-order valence-corrected chi connectivity index (χ2v) is 6.76. The normalized spacial score (nSPS) is 18.6. The number of fused-ring (bicyclic) bond motifs is 1. The van der Waals surface area contributed by atoms with E-state index in [1.54, 1.807) is 0 Å². The standard InChI is InChI=1S/C19H29N3O.H2/c1-2-3-11-21-12-14-22(15-13-21)19(23)20-18-10-6-8-16-7-4-5-9-17(16)18;/h6,8,10H,2-5,7,9,11-15H2,1H3,(H,20,23);1H. The number of aryl methyl sites for hydroxylation is 1. The van der Waals surface area contributed by atoms with E-state index >= 15 is 0 Å². The lowest BCUT2D eigenvalue weighted by Gasteiger charge is -2.35. The number of anilines is 1. The van der Waals surface area contributed by atoms with Gasteiger partial charge in [-0.15, -0.1) is 0 Å². The van der Waals surface area contributed by atoms with Gasteiger partial charge in [0.25, 0.3) is 0 Å². The lowest BCUT2D eigenvalue weighted by atomic mass is 9.90. The van der Waals surface area contributed by atoms with E-state index in [1.807, 2.05) is 4.90 Å². The van der Waals surface area contributed by atoms with Gasteiger partial charge in [0.1, 0.15) is 0 Å². The maximum atomic E-state index is 12.6. The number of carbonyl (C=O) groups excluding carboxylic acids is 1. The summed E-state index contributed by atoms with van der Waals surface area (Å²) in [6.45, 7) is 7.07. The van der Waals surface area contributed by atoms with Crippen molar-refractivity contribution in [3.8, 4) is 0 Å². The van der Waals surface area contributed by atoms with Crippen LogP contribution in [-0.2, 0) is 12.8 Å². The molecule has 0 radical (unpaired) electrons. The van der Waals surface area contributed by atoms with Gasteiger partial charge >= 0.3 is 6.03 Å². The van der Waals surface area contributed by atoms with Crippen LogP contribution < -0.4 is 5.32 Å². The van der Waals surface area contributed by atoms with Gasteiger partial charge in [-0.25, -0.2) is 4.79 Å². The quantitative estimate of drug-likeness (QED) is 0.918. The van der Waals surface area contributed by atoms with E-state index in [0.717, 1.165) is 51.3 Å². The number of hydrogen-bond acceptors (Lipinski definition) is 2. The first-order valence-corrected chi connectivity index (χ1v) is 9.17. The molecular formula is C19H31N3O. The number of nitrogens with zero attached hydrogens (tertiary/aromatic N) is 2. The van der Waals surface area contributed by atoms with Crippen LogP contribution in [0.4, 0.5) is 10.5 Å². The van der Waals surface area contributed by atoms with Crippen molar-refractivity contribution in [1.82, 2.24) is 9.80 Å². The molecule has 1 aromatic rings. The Balaban J connectivity index is 0.00000208. The van der Waals surface area contributed by atoms with Crippen molar-refractivity contribution >= 4 is 11.7 Å². The molecule has 1 aliphatic heterocycles. The Labute approximate surface area is 141 Å². The van der Waals surface area contributed by atoms with E-state index in [0.29, 0.717) is 0 Å². The van der Waals surface area contributed by atoms with Crippen molar-refractivity contribution in [3.05, 3.63) is 29.3 Å². The minimum absolute atomic E-state index is 0. The summed E-state index contributed by atoms with van der Waals surface area (Å²) >= 11 is 0. The predicted molar refractivity (Wildman–Crippen MR) is 97.1 cm³/mol. The van der Waals surface area contributed by atoms with Gasteiger partial charge in [0, 0.05) is 33.3 Å². The number of benzene rings is 1. The van der Waals surface area contributed by atoms with Crippen molar-refractivity contribution in [2.75, 3.05) is 38.0 Å². The van der Waals surface area contributed by atoms with Crippen LogP contribution in [0.25, 0.3) is 0 Å². The van der Waals surface area contributed by atoms with Crippen molar-refractivity contribution in [1.29, 1.82) is 0 Å². The Morgan fingerprint density at radius 3 is 2.74 bits per heavy atom. The fraction of sp³-hybridized carbons (Fsp3) is 0.632. The summed E-state index contributed by atoms with van der Waals surface area (Å²) in [6, 6.07) is 6.40. The number of nitrogens with one attached hydrogen (secondary N) is 1. The molecule has 1 aliphatic carbocycles. The minimum atomic E-state index is 0. The predicted octanol–water partition coefficient (Wildman–Crippen LogP) is 3.76. The second-order valence-electron chi connectivity index (χ2n) is 6.76. The second kappa shape index (κ2) is 7.82. The Hall–Kier alpha value is -1.55. The van der Waals surface area contributed by atoms with Crippen LogP contribution >= 0.6 is 0 Å². The molecule has 2 aliphatic rings. The molecule has 1 saturated heterocycles. The highest BCUT2D eigenvalue weighted by atomic mass is 16.2. The monoisotopic (exact) mass is 317 g/mol. The summed E-state index contributed by atoms with van der Waals surface area (Å²) in [5.74, 6) is 0. The molecule has 1 aromatic carbocycles. The first-order chi connectivity index (χ1) is 11.3. The van der Waals surface area contributed by atoms with Crippen LogP contribution in [0.5, 0.6) is 0 Å². The molecule has 3 rings (SSSR count). The van der Waals surface area contributed by atoms with E-state index < -0.39 is 0 Å². The Bertz CT molecular complexity index is 541. The molecule has 4 nitrogen and oxygen atoms in total. The molecule has 1 N–H and O–H groups in total. The van der Waals surface area contributed by atoms with Crippen LogP contribution in [0.15, 0.2) is 18.2 Å². The average molecular weight is 317 g/mol. The molecule has 1 heterocycles. The van der Waals surface area contributed by atoms with Gasteiger partial charge in [0.05, 0.1) is 0 Å². The minimum Gasteiger partial charge on any atom is -0.322 e. The number of rotatable bonds is 4. The molecule has 0 atom stereocenters. The third kappa shape index (κ3) is 4.05. The molecule has 0 bridgehead atoms. The summed E-state index contributed by atoms with van der Waals surface area (Å²) in [5, 5.41) is 3.17. The van der Waals surface area contributed by atoms with Gasteiger partial charge in [0.2, 0.25) is 0 Å². The van der Waals surface area contributed by atoms with Crippen LogP contribution in [0.2, 0.25) is 0 Å².